The molecule has 10 aromatic rings. The van der Waals surface area contributed by atoms with Crippen LogP contribution in [0.1, 0.15) is 25.0 Å². The van der Waals surface area contributed by atoms with Crippen molar-refractivity contribution >= 4 is 43.1 Å². The number of fused-ring (bicyclic) bond motifs is 11. The zero-order valence-electron chi connectivity index (χ0n) is 30.7. The lowest BCUT2D eigenvalue weighted by molar-refractivity contribution is 0.661. The van der Waals surface area contributed by atoms with Crippen LogP contribution in [-0.4, -0.2) is 0 Å². The van der Waals surface area contributed by atoms with Crippen LogP contribution in [0.2, 0.25) is 0 Å². The molecule has 55 heavy (non-hydrogen) atoms. The van der Waals surface area contributed by atoms with Crippen molar-refractivity contribution in [3.05, 3.63) is 181 Å². The molecular weight excluding hydrogens is 661 g/mol. The number of hydrogen-bond donors (Lipinski definition) is 0. The maximum absolute atomic E-state index is 2.57. The van der Waals surface area contributed by atoms with Crippen molar-refractivity contribution in [2.75, 3.05) is 0 Å². The summed E-state index contributed by atoms with van der Waals surface area (Å²) in [6.07, 6.45) is 0. The van der Waals surface area contributed by atoms with Crippen LogP contribution in [0.3, 0.4) is 0 Å². The van der Waals surface area contributed by atoms with Crippen molar-refractivity contribution in [3.63, 3.8) is 0 Å². The van der Waals surface area contributed by atoms with E-state index in [0.717, 1.165) is 0 Å². The molecule has 0 radical (unpaired) electrons. The summed E-state index contributed by atoms with van der Waals surface area (Å²) in [5.41, 5.74) is 21.3. The molecule has 0 heteroatoms. The van der Waals surface area contributed by atoms with E-state index < -0.39 is 0 Å². The molecule has 0 saturated heterocycles. The highest BCUT2D eigenvalue weighted by Gasteiger charge is 2.37. The largest absolute Gasteiger partial charge is 0.0619 e. The maximum Gasteiger partial charge on any atom is 0.0159 e. The molecule has 0 aromatic heterocycles. The fourth-order valence-corrected chi connectivity index (χ4v) is 11.0. The fourth-order valence-electron chi connectivity index (χ4n) is 11.0. The number of benzene rings is 10. The highest BCUT2D eigenvalue weighted by molar-refractivity contribution is 6.29. The second kappa shape index (κ2) is 10.3. The van der Waals surface area contributed by atoms with Crippen LogP contribution in [0, 0.1) is 0 Å². The molecule has 0 bridgehead atoms. The second-order valence-corrected chi connectivity index (χ2v) is 16.3. The Balaban J connectivity index is 1.21. The third-order valence-electron chi connectivity index (χ3n) is 13.4. The van der Waals surface area contributed by atoms with Gasteiger partial charge < -0.3 is 0 Å². The first-order valence-electron chi connectivity index (χ1n) is 19.5. The van der Waals surface area contributed by atoms with Gasteiger partial charge in [0.1, 0.15) is 0 Å². The summed E-state index contributed by atoms with van der Waals surface area (Å²) in [6.45, 7) is 4.81. The molecule has 0 atom stereocenters. The maximum atomic E-state index is 2.57. The van der Waals surface area contributed by atoms with Crippen LogP contribution < -0.4 is 0 Å². The summed E-state index contributed by atoms with van der Waals surface area (Å²) >= 11 is 0. The molecule has 254 valence electrons. The minimum atomic E-state index is -0.124. The van der Waals surface area contributed by atoms with Crippen LogP contribution in [-0.2, 0) is 5.41 Å². The van der Waals surface area contributed by atoms with Crippen LogP contribution in [0.15, 0.2) is 170 Å². The predicted octanol–water partition coefficient (Wildman–Crippen LogP) is 15.2. The van der Waals surface area contributed by atoms with Gasteiger partial charge in [0, 0.05) is 5.41 Å². The van der Waals surface area contributed by atoms with Crippen molar-refractivity contribution in [1.82, 2.24) is 0 Å². The van der Waals surface area contributed by atoms with Gasteiger partial charge in [-0.3, -0.25) is 0 Å². The Morgan fingerprint density at radius 1 is 0.255 bits per heavy atom. The molecule has 0 fully saturated rings. The SMILES string of the molecule is CC1(C)c2ccccc2-c2cc3c(-c4ccc5c6c(cccc46)-c4ccccc4-5)c4ccccc4c(-c4ccc5c6c(cccc46)-c4ccccc4-5)c3cc21. The third kappa shape index (κ3) is 3.63. The lowest BCUT2D eigenvalue weighted by Gasteiger charge is -2.24. The van der Waals surface area contributed by atoms with E-state index in [1.165, 1.54) is 132 Å². The summed E-state index contributed by atoms with van der Waals surface area (Å²) in [5, 5.41) is 10.6. The van der Waals surface area contributed by atoms with Gasteiger partial charge in [-0.05, 0) is 144 Å². The third-order valence-corrected chi connectivity index (χ3v) is 13.4. The van der Waals surface area contributed by atoms with Crippen molar-refractivity contribution in [1.29, 1.82) is 0 Å². The van der Waals surface area contributed by atoms with Crippen LogP contribution in [0.4, 0.5) is 0 Å². The summed E-state index contributed by atoms with van der Waals surface area (Å²) in [4.78, 5) is 0. The number of hydrogen-bond acceptors (Lipinski definition) is 0. The standard InChI is InChI=1S/C55H34/c1-55(2)49-24-10-9-17-35(49)46-29-47-48(30-50(46)55)54(45-28-26-43-34-16-6-4-14-32(34)37-21-12-23-41(45)52(37)43)39-19-8-7-18-38(39)53(47)44-27-25-42-33-15-5-3-13-31(33)36-20-11-22-40(44)51(36)42/h3-30H,1-2H3. The van der Waals surface area contributed by atoms with E-state index in [1.807, 2.05) is 0 Å². The summed E-state index contributed by atoms with van der Waals surface area (Å²) < 4.78 is 0. The van der Waals surface area contributed by atoms with E-state index in [1.54, 1.807) is 0 Å². The smallest absolute Gasteiger partial charge is 0.0159 e. The molecular formula is C55H34. The molecule has 3 aliphatic carbocycles. The Bertz CT molecular complexity index is 3330. The Labute approximate surface area is 320 Å². The summed E-state index contributed by atoms with van der Waals surface area (Å²) in [6, 6.07) is 64.6. The van der Waals surface area contributed by atoms with E-state index in [4.69, 9.17) is 0 Å². The molecule has 0 aliphatic heterocycles. The lowest BCUT2D eigenvalue weighted by Crippen LogP contribution is -2.14. The minimum Gasteiger partial charge on any atom is -0.0619 e. The first kappa shape index (κ1) is 29.7. The highest BCUT2D eigenvalue weighted by atomic mass is 14.4. The van der Waals surface area contributed by atoms with E-state index in [0.29, 0.717) is 0 Å². The van der Waals surface area contributed by atoms with E-state index >= 15 is 0 Å². The summed E-state index contributed by atoms with van der Waals surface area (Å²) in [5.74, 6) is 0. The lowest BCUT2D eigenvalue weighted by atomic mass is 9.78. The van der Waals surface area contributed by atoms with E-state index in [9.17, 15) is 0 Å². The first-order chi connectivity index (χ1) is 27.1. The van der Waals surface area contributed by atoms with Crippen molar-refractivity contribution in [2.24, 2.45) is 0 Å². The van der Waals surface area contributed by atoms with Gasteiger partial charge in [-0.1, -0.05) is 172 Å². The van der Waals surface area contributed by atoms with Gasteiger partial charge in [-0.25, -0.2) is 0 Å². The van der Waals surface area contributed by atoms with Gasteiger partial charge in [0.05, 0.1) is 0 Å². The predicted molar refractivity (Wildman–Crippen MR) is 234 cm³/mol. The average molecular weight is 695 g/mol. The van der Waals surface area contributed by atoms with E-state index in [2.05, 4.69) is 184 Å². The topological polar surface area (TPSA) is 0 Å². The summed E-state index contributed by atoms with van der Waals surface area (Å²) in [7, 11) is 0. The monoisotopic (exact) mass is 694 g/mol. The van der Waals surface area contributed by atoms with Gasteiger partial charge in [0.15, 0.2) is 0 Å². The van der Waals surface area contributed by atoms with Gasteiger partial charge in [-0.15, -0.1) is 0 Å². The van der Waals surface area contributed by atoms with Crippen molar-refractivity contribution in [2.45, 2.75) is 19.3 Å². The van der Waals surface area contributed by atoms with Gasteiger partial charge in [-0.2, -0.15) is 0 Å². The van der Waals surface area contributed by atoms with Crippen LogP contribution in [0.5, 0.6) is 0 Å². The molecule has 0 heterocycles. The normalized spacial score (nSPS) is 13.8. The molecule has 0 amide bonds. The Hall–Kier alpha value is -6.76. The number of rotatable bonds is 2. The second-order valence-electron chi connectivity index (χ2n) is 16.3. The quantitative estimate of drug-likeness (QED) is 0.158. The molecule has 0 saturated carbocycles. The molecule has 0 nitrogen and oxygen atoms in total. The van der Waals surface area contributed by atoms with Crippen LogP contribution in [0.25, 0.3) is 121 Å². The van der Waals surface area contributed by atoms with Crippen molar-refractivity contribution in [3.8, 4) is 77.9 Å². The first-order valence-corrected chi connectivity index (χ1v) is 19.5. The van der Waals surface area contributed by atoms with Crippen molar-refractivity contribution < 1.29 is 0 Å². The molecule has 0 spiro atoms. The molecule has 0 N–H and O–H groups in total. The van der Waals surface area contributed by atoms with Crippen LogP contribution >= 0.6 is 0 Å². The van der Waals surface area contributed by atoms with Gasteiger partial charge in [0.25, 0.3) is 0 Å². The Morgan fingerprint density at radius 2 is 0.636 bits per heavy atom. The molecule has 13 rings (SSSR count). The Kier molecular flexibility index (Phi) is 5.53. The van der Waals surface area contributed by atoms with Gasteiger partial charge >= 0.3 is 0 Å². The Morgan fingerprint density at radius 3 is 1.16 bits per heavy atom. The zero-order valence-corrected chi connectivity index (χ0v) is 30.7. The van der Waals surface area contributed by atoms with Gasteiger partial charge in [0.2, 0.25) is 0 Å². The highest BCUT2D eigenvalue weighted by Crippen LogP contribution is 2.57. The van der Waals surface area contributed by atoms with E-state index in [-0.39, 0.29) is 5.41 Å². The molecule has 10 aromatic carbocycles. The molecule has 0 unspecified atom stereocenters. The minimum absolute atomic E-state index is 0.124. The average Bonchev–Trinajstić information content (AvgIpc) is 3.82. The fraction of sp³-hybridized carbons (Fsp3) is 0.0545. The zero-order chi connectivity index (χ0) is 36.2. The molecule has 3 aliphatic rings.